The second-order valence-electron chi connectivity index (χ2n) is 6.28. The number of carbonyl (C=O) groups excluding carboxylic acids is 1. The van der Waals surface area contributed by atoms with Crippen LogP contribution in [-0.2, 0) is 4.74 Å². The Morgan fingerprint density at radius 2 is 1.76 bits per heavy atom. The lowest BCUT2D eigenvalue weighted by Gasteiger charge is -2.41. The number of rotatable bonds is 3. The number of alkyl carbamates (subject to hydrolysis) is 1. The maximum Gasteiger partial charge on any atom is 0.412 e. The first-order valence-electron chi connectivity index (χ1n) is 8.12. The lowest BCUT2D eigenvalue weighted by Crippen LogP contribution is -2.51. The summed E-state index contributed by atoms with van der Waals surface area (Å²) < 4.78 is 5.15. The van der Waals surface area contributed by atoms with E-state index >= 15 is 0 Å². The van der Waals surface area contributed by atoms with E-state index in [4.69, 9.17) is 4.74 Å². The Balaban J connectivity index is 1.69. The van der Waals surface area contributed by atoms with Gasteiger partial charge in [-0.1, -0.05) is 0 Å². The fraction of sp³-hybridized carbons (Fsp3) is 0.812. The summed E-state index contributed by atoms with van der Waals surface area (Å²) in [6.45, 7) is 8.37. The molecule has 0 aromatic rings. The quantitative estimate of drug-likeness (QED) is 0.811. The number of ether oxygens (including phenoxy) is 1. The van der Waals surface area contributed by atoms with Gasteiger partial charge >= 0.3 is 6.09 Å². The van der Waals surface area contributed by atoms with Gasteiger partial charge in [0.05, 0.1) is 0 Å². The molecule has 1 aliphatic heterocycles. The van der Waals surface area contributed by atoms with Gasteiger partial charge in [-0.2, -0.15) is 0 Å². The fourth-order valence-corrected chi connectivity index (χ4v) is 3.17. The van der Waals surface area contributed by atoms with Gasteiger partial charge in [0.25, 0.3) is 0 Å². The number of hydrogen-bond donors (Lipinski definition) is 1. The molecule has 0 atom stereocenters. The molecule has 1 N–H and O–H groups in total. The van der Waals surface area contributed by atoms with Gasteiger partial charge in [-0.3, -0.25) is 4.90 Å². The predicted octanol–water partition coefficient (Wildman–Crippen LogP) is 2.19. The zero-order chi connectivity index (χ0) is 15.2. The topological polar surface area (TPSA) is 44.8 Å². The standard InChI is InChI=1S/C16H29N3O2/c1-4-13(2)21-16(20)17-14-5-7-15(8-6-14)19-11-9-18(3)10-12-19/h4,14-15H,5-12H2,1-3H3,(H,17,20)/b13-4+. The van der Waals surface area contributed by atoms with Gasteiger partial charge in [-0.05, 0) is 52.7 Å². The molecule has 1 saturated heterocycles. The molecule has 1 heterocycles. The predicted molar refractivity (Wildman–Crippen MR) is 84.2 cm³/mol. The maximum absolute atomic E-state index is 11.7. The van der Waals surface area contributed by atoms with Gasteiger partial charge in [0.2, 0.25) is 0 Å². The van der Waals surface area contributed by atoms with Crippen molar-refractivity contribution in [3.63, 3.8) is 0 Å². The molecule has 5 heteroatoms. The number of nitrogens with one attached hydrogen (secondary N) is 1. The van der Waals surface area contributed by atoms with Gasteiger partial charge in [-0.25, -0.2) is 4.79 Å². The van der Waals surface area contributed by atoms with Gasteiger partial charge in [-0.15, -0.1) is 0 Å². The van der Waals surface area contributed by atoms with Crippen molar-refractivity contribution < 1.29 is 9.53 Å². The van der Waals surface area contributed by atoms with Crippen molar-refractivity contribution in [1.29, 1.82) is 0 Å². The Hall–Kier alpha value is -1.07. The summed E-state index contributed by atoms with van der Waals surface area (Å²) in [6.07, 6.45) is 5.95. The summed E-state index contributed by atoms with van der Waals surface area (Å²) in [5, 5.41) is 2.99. The minimum absolute atomic E-state index is 0.269. The second kappa shape index (κ2) is 7.80. The Morgan fingerprint density at radius 1 is 1.14 bits per heavy atom. The van der Waals surface area contributed by atoms with E-state index in [0.29, 0.717) is 11.8 Å². The number of likely N-dealkylation sites (N-methyl/N-ethyl adjacent to an activating group) is 1. The normalized spacial score (nSPS) is 29.2. The average molecular weight is 295 g/mol. The molecule has 0 bridgehead atoms. The zero-order valence-corrected chi connectivity index (χ0v) is 13.6. The summed E-state index contributed by atoms with van der Waals surface area (Å²) >= 11 is 0. The fourth-order valence-electron chi connectivity index (χ4n) is 3.17. The summed E-state index contributed by atoms with van der Waals surface area (Å²) in [6, 6.07) is 0.968. The molecule has 21 heavy (non-hydrogen) atoms. The van der Waals surface area contributed by atoms with Crippen molar-refractivity contribution in [2.75, 3.05) is 33.2 Å². The molecule has 0 aromatic carbocycles. The Bertz CT molecular complexity index is 368. The molecule has 120 valence electrons. The summed E-state index contributed by atoms with van der Waals surface area (Å²) in [7, 11) is 2.19. The maximum atomic E-state index is 11.7. The van der Waals surface area contributed by atoms with E-state index in [9.17, 15) is 4.79 Å². The van der Waals surface area contributed by atoms with Crippen LogP contribution in [0.4, 0.5) is 4.79 Å². The van der Waals surface area contributed by atoms with Crippen LogP contribution in [-0.4, -0.2) is 61.2 Å². The molecule has 2 aliphatic rings. The number of hydrogen-bond acceptors (Lipinski definition) is 4. The smallest absolute Gasteiger partial charge is 0.412 e. The number of nitrogens with zero attached hydrogens (tertiary/aromatic N) is 2. The molecule has 5 nitrogen and oxygen atoms in total. The number of piperazine rings is 1. The van der Waals surface area contributed by atoms with Crippen LogP contribution < -0.4 is 5.32 Å². The van der Waals surface area contributed by atoms with E-state index in [0.717, 1.165) is 12.8 Å². The minimum Gasteiger partial charge on any atom is -0.416 e. The average Bonchev–Trinajstić information content (AvgIpc) is 2.48. The zero-order valence-electron chi connectivity index (χ0n) is 13.6. The molecule has 2 fully saturated rings. The molecular weight excluding hydrogens is 266 g/mol. The van der Waals surface area contributed by atoms with Gasteiger partial charge in [0.1, 0.15) is 5.76 Å². The van der Waals surface area contributed by atoms with Crippen LogP contribution in [0.5, 0.6) is 0 Å². The van der Waals surface area contributed by atoms with E-state index in [1.54, 1.807) is 13.0 Å². The van der Waals surface area contributed by atoms with E-state index in [1.165, 1.54) is 39.0 Å². The van der Waals surface area contributed by atoms with Crippen molar-refractivity contribution in [2.24, 2.45) is 0 Å². The van der Waals surface area contributed by atoms with Crippen LogP contribution in [0.25, 0.3) is 0 Å². The molecule has 1 saturated carbocycles. The van der Waals surface area contributed by atoms with Gasteiger partial charge in [0, 0.05) is 38.3 Å². The summed E-state index contributed by atoms with van der Waals surface area (Å²) in [5.41, 5.74) is 0. The van der Waals surface area contributed by atoms with Crippen LogP contribution in [0, 0.1) is 0 Å². The first-order valence-corrected chi connectivity index (χ1v) is 8.12. The lowest BCUT2D eigenvalue weighted by molar-refractivity contribution is 0.0844. The molecule has 0 radical (unpaired) electrons. The summed E-state index contributed by atoms with van der Waals surface area (Å²) in [5.74, 6) is 0.652. The van der Waals surface area contributed by atoms with Crippen LogP contribution in [0.3, 0.4) is 0 Å². The molecule has 0 spiro atoms. The van der Waals surface area contributed by atoms with Crippen molar-refractivity contribution in [2.45, 2.75) is 51.6 Å². The Labute approximate surface area is 128 Å². The highest BCUT2D eigenvalue weighted by atomic mass is 16.6. The molecule has 1 amide bonds. The van der Waals surface area contributed by atoms with E-state index in [-0.39, 0.29) is 12.1 Å². The molecular formula is C16H29N3O2. The highest BCUT2D eigenvalue weighted by molar-refractivity contribution is 5.68. The third kappa shape index (κ3) is 5.00. The third-order valence-corrected chi connectivity index (χ3v) is 4.73. The first kappa shape index (κ1) is 16.3. The lowest BCUT2D eigenvalue weighted by atomic mass is 9.90. The summed E-state index contributed by atoms with van der Waals surface area (Å²) in [4.78, 5) is 16.7. The number of carbonyl (C=O) groups is 1. The highest BCUT2D eigenvalue weighted by Crippen LogP contribution is 2.24. The number of amides is 1. The third-order valence-electron chi connectivity index (χ3n) is 4.73. The van der Waals surface area contributed by atoms with Crippen molar-refractivity contribution >= 4 is 6.09 Å². The molecule has 0 aromatic heterocycles. The van der Waals surface area contributed by atoms with Crippen LogP contribution in [0.2, 0.25) is 0 Å². The second-order valence-corrected chi connectivity index (χ2v) is 6.28. The molecule has 2 rings (SSSR count). The molecule has 0 unspecified atom stereocenters. The first-order chi connectivity index (χ1) is 10.1. The van der Waals surface area contributed by atoms with Crippen LogP contribution in [0.15, 0.2) is 11.8 Å². The van der Waals surface area contributed by atoms with Crippen LogP contribution in [0.1, 0.15) is 39.5 Å². The largest absolute Gasteiger partial charge is 0.416 e. The van der Waals surface area contributed by atoms with E-state index in [1.807, 2.05) is 6.92 Å². The monoisotopic (exact) mass is 295 g/mol. The SMILES string of the molecule is C/C=C(\C)OC(=O)NC1CCC(N2CCN(C)CC2)CC1. The van der Waals surface area contributed by atoms with E-state index < -0.39 is 0 Å². The van der Waals surface area contributed by atoms with Gasteiger partial charge in [0.15, 0.2) is 0 Å². The van der Waals surface area contributed by atoms with Crippen LogP contribution >= 0.6 is 0 Å². The van der Waals surface area contributed by atoms with Gasteiger partial charge < -0.3 is 15.0 Å². The minimum atomic E-state index is -0.311. The Kier molecular flexibility index (Phi) is 6.06. The van der Waals surface area contributed by atoms with Crippen molar-refractivity contribution in [1.82, 2.24) is 15.1 Å². The highest BCUT2D eigenvalue weighted by Gasteiger charge is 2.28. The number of allylic oxidation sites excluding steroid dienone is 2. The van der Waals surface area contributed by atoms with Crippen molar-refractivity contribution in [3.8, 4) is 0 Å². The Morgan fingerprint density at radius 3 is 2.33 bits per heavy atom. The molecule has 1 aliphatic carbocycles. The van der Waals surface area contributed by atoms with E-state index in [2.05, 4.69) is 22.2 Å². The van der Waals surface area contributed by atoms with Crippen molar-refractivity contribution in [3.05, 3.63) is 11.8 Å².